The van der Waals surface area contributed by atoms with Gasteiger partial charge in [0.25, 0.3) is 0 Å². The molecule has 1 heterocycles. The van der Waals surface area contributed by atoms with Crippen molar-refractivity contribution in [3.05, 3.63) is 59.0 Å². The number of carbonyl (C=O) groups excluding carboxylic acids is 1. The van der Waals surface area contributed by atoms with E-state index in [2.05, 4.69) is 10.1 Å². The van der Waals surface area contributed by atoms with Gasteiger partial charge in [-0.15, -0.1) is 0 Å². The lowest BCUT2D eigenvalue weighted by atomic mass is 9.88. The van der Waals surface area contributed by atoms with Crippen molar-refractivity contribution < 1.29 is 14.0 Å². The molecule has 3 rings (SSSR count). The highest BCUT2D eigenvalue weighted by molar-refractivity contribution is 6.28. The largest absolute Gasteiger partial charge is 0.460 e. The zero-order chi connectivity index (χ0) is 15.5. The SMILES string of the molecule is CN(C)CCCO/N=C1/c2ccccc2C(=O)c2occc21. The number of ketones is 1. The Hall–Kier alpha value is -2.40. The van der Waals surface area contributed by atoms with E-state index in [0.29, 0.717) is 29.2 Å². The Morgan fingerprint density at radius 1 is 1.14 bits per heavy atom. The summed E-state index contributed by atoms with van der Waals surface area (Å²) >= 11 is 0. The summed E-state index contributed by atoms with van der Waals surface area (Å²) in [6.45, 7) is 1.47. The molecule has 1 aromatic carbocycles. The number of furan rings is 1. The molecule has 0 fully saturated rings. The average molecular weight is 298 g/mol. The van der Waals surface area contributed by atoms with Crippen molar-refractivity contribution in [3.63, 3.8) is 0 Å². The Morgan fingerprint density at radius 3 is 2.68 bits per heavy atom. The molecular formula is C17H18N2O3. The van der Waals surface area contributed by atoms with Crippen molar-refractivity contribution in [3.8, 4) is 0 Å². The third kappa shape index (κ3) is 2.67. The van der Waals surface area contributed by atoms with E-state index in [1.807, 2.05) is 32.3 Å². The van der Waals surface area contributed by atoms with Gasteiger partial charge in [-0.3, -0.25) is 4.79 Å². The summed E-state index contributed by atoms with van der Waals surface area (Å²) in [5, 5.41) is 4.26. The van der Waals surface area contributed by atoms with E-state index in [1.165, 1.54) is 6.26 Å². The smallest absolute Gasteiger partial charge is 0.229 e. The molecule has 0 saturated heterocycles. The number of hydrogen-bond donors (Lipinski definition) is 0. The molecular weight excluding hydrogens is 280 g/mol. The average Bonchev–Trinajstić information content (AvgIpc) is 2.99. The van der Waals surface area contributed by atoms with E-state index in [0.717, 1.165) is 18.5 Å². The predicted molar refractivity (Wildman–Crippen MR) is 83.3 cm³/mol. The van der Waals surface area contributed by atoms with Crippen LogP contribution in [0, 0.1) is 0 Å². The number of fused-ring (bicyclic) bond motifs is 2. The van der Waals surface area contributed by atoms with Crippen molar-refractivity contribution in [2.75, 3.05) is 27.2 Å². The van der Waals surface area contributed by atoms with Crippen LogP contribution >= 0.6 is 0 Å². The first kappa shape index (κ1) is 14.5. The summed E-state index contributed by atoms with van der Waals surface area (Å²) in [6, 6.07) is 9.14. The first-order valence-corrected chi connectivity index (χ1v) is 7.25. The number of nitrogens with zero attached hydrogens (tertiary/aromatic N) is 2. The van der Waals surface area contributed by atoms with Crippen LogP contribution < -0.4 is 0 Å². The van der Waals surface area contributed by atoms with E-state index in [-0.39, 0.29) is 5.78 Å². The molecule has 0 N–H and O–H groups in total. The lowest BCUT2D eigenvalue weighted by Crippen LogP contribution is -2.20. The molecule has 5 heteroatoms. The van der Waals surface area contributed by atoms with Crippen LogP contribution in [0.15, 0.2) is 46.2 Å². The van der Waals surface area contributed by atoms with Gasteiger partial charge in [-0.25, -0.2) is 0 Å². The van der Waals surface area contributed by atoms with Crippen molar-refractivity contribution in [2.45, 2.75) is 6.42 Å². The molecule has 1 aliphatic carbocycles. The predicted octanol–water partition coefficient (Wildman–Crippen LogP) is 2.54. The fourth-order valence-corrected chi connectivity index (χ4v) is 2.48. The van der Waals surface area contributed by atoms with Crippen LogP contribution in [-0.4, -0.2) is 43.6 Å². The summed E-state index contributed by atoms with van der Waals surface area (Å²) in [4.78, 5) is 19.9. The second-order valence-electron chi connectivity index (χ2n) is 5.47. The molecule has 0 radical (unpaired) electrons. The van der Waals surface area contributed by atoms with Crippen LogP contribution in [0.3, 0.4) is 0 Å². The number of benzene rings is 1. The highest BCUT2D eigenvalue weighted by Gasteiger charge is 2.31. The lowest BCUT2D eigenvalue weighted by molar-refractivity contribution is 0.101. The third-order valence-corrected chi connectivity index (χ3v) is 3.55. The monoisotopic (exact) mass is 298 g/mol. The number of oxime groups is 1. The van der Waals surface area contributed by atoms with Crippen LogP contribution in [0.5, 0.6) is 0 Å². The highest BCUT2D eigenvalue weighted by atomic mass is 16.6. The molecule has 0 bridgehead atoms. The molecule has 0 amide bonds. The van der Waals surface area contributed by atoms with Crippen LogP contribution in [0.2, 0.25) is 0 Å². The summed E-state index contributed by atoms with van der Waals surface area (Å²) in [7, 11) is 4.04. The van der Waals surface area contributed by atoms with Gasteiger partial charge in [-0.1, -0.05) is 29.4 Å². The third-order valence-electron chi connectivity index (χ3n) is 3.55. The molecule has 0 unspecified atom stereocenters. The Balaban J connectivity index is 1.86. The minimum Gasteiger partial charge on any atom is -0.460 e. The molecule has 0 atom stereocenters. The summed E-state index contributed by atoms with van der Waals surface area (Å²) < 4.78 is 5.32. The topological polar surface area (TPSA) is 55.0 Å². The molecule has 5 nitrogen and oxygen atoms in total. The van der Waals surface area contributed by atoms with E-state index in [9.17, 15) is 4.79 Å². The second kappa shape index (κ2) is 6.15. The van der Waals surface area contributed by atoms with Crippen LogP contribution in [0.1, 0.15) is 33.7 Å². The maximum absolute atomic E-state index is 12.4. The van der Waals surface area contributed by atoms with Gasteiger partial charge in [0.05, 0.1) is 11.8 Å². The van der Waals surface area contributed by atoms with Gasteiger partial charge >= 0.3 is 0 Å². The molecule has 114 valence electrons. The van der Waals surface area contributed by atoms with Crippen molar-refractivity contribution in [2.24, 2.45) is 5.16 Å². The number of carbonyl (C=O) groups is 1. The standard InChI is InChI=1S/C17H18N2O3/c1-19(2)9-5-10-22-18-15-12-6-3-4-7-13(12)16(20)17-14(15)8-11-21-17/h3-4,6-8,11H,5,9-10H2,1-2H3/b18-15-. The maximum Gasteiger partial charge on any atom is 0.229 e. The van der Waals surface area contributed by atoms with Crippen LogP contribution in [0.4, 0.5) is 0 Å². The van der Waals surface area contributed by atoms with E-state index in [1.54, 1.807) is 12.1 Å². The van der Waals surface area contributed by atoms with E-state index >= 15 is 0 Å². The van der Waals surface area contributed by atoms with E-state index in [4.69, 9.17) is 9.25 Å². The summed E-state index contributed by atoms with van der Waals surface area (Å²) in [6.07, 6.45) is 2.40. The molecule has 22 heavy (non-hydrogen) atoms. The Morgan fingerprint density at radius 2 is 1.91 bits per heavy atom. The minimum atomic E-state index is -0.109. The molecule has 0 spiro atoms. The molecule has 0 aliphatic heterocycles. The fraction of sp³-hybridized carbons (Fsp3) is 0.294. The maximum atomic E-state index is 12.4. The van der Waals surface area contributed by atoms with Gasteiger partial charge in [0.2, 0.25) is 5.78 Å². The van der Waals surface area contributed by atoms with Crippen molar-refractivity contribution >= 4 is 11.5 Å². The first-order chi connectivity index (χ1) is 10.7. The molecule has 0 saturated carbocycles. The Kier molecular flexibility index (Phi) is 4.06. The molecule has 1 aliphatic rings. The lowest BCUT2D eigenvalue weighted by Gasteiger charge is -2.16. The normalized spacial score (nSPS) is 15.0. The van der Waals surface area contributed by atoms with Crippen LogP contribution in [-0.2, 0) is 4.84 Å². The van der Waals surface area contributed by atoms with Crippen molar-refractivity contribution in [1.82, 2.24) is 4.90 Å². The van der Waals surface area contributed by atoms with Crippen LogP contribution in [0.25, 0.3) is 0 Å². The second-order valence-corrected chi connectivity index (χ2v) is 5.47. The summed E-state index contributed by atoms with van der Waals surface area (Å²) in [5.41, 5.74) is 2.73. The summed E-state index contributed by atoms with van der Waals surface area (Å²) in [5.74, 6) is 0.219. The Labute approximate surface area is 129 Å². The Bertz CT molecular complexity index is 716. The number of hydrogen-bond acceptors (Lipinski definition) is 5. The zero-order valence-corrected chi connectivity index (χ0v) is 12.7. The van der Waals surface area contributed by atoms with Gasteiger partial charge in [-0.05, 0) is 26.6 Å². The minimum absolute atomic E-state index is 0.109. The van der Waals surface area contributed by atoms with Crippen molar-refractivity contribution in [1.29, 1.82) is 0 Å². The number of rotatable bonds is 5. The van der Waals surface area contributed by atoms with Gasteiger partial charge in [0.1, 0.15) is 12.3 Å². The first-order valence-electron chi connectivity index (χ1n) is 7.25. The fourth-order valence-electron chi connectivity index (χ4n) is 2.48. The van der Waals surface area contributed by atoms with Gasteiger partial charge in [-0.2, -0.15) is 0 Å². The van der Waals surface area contributed by atoms with Gasteiger partial charge in [0, 0.05) is 17.7 Å². The van der Waals surface area contributed by atoms with E-state index < -0.39 is 0 Å². The highest BCUT2D eigenvalue weighted by Crippen LogP contribution is 2.28. The molecule has 2 aromatic rings. The molecule has 1 aromatic heterocycles. The zero-order valence-electron chi connectivity index (χ0n) is 12.7. The quantitative estimate of drug-likeness (QED) is 0.536. The van der Waals surface area contributed by atoms with Gasteiger partial charge in [0.15, 0.2) is 5.76 Å². The van der Waals surface area contributed by atoms with Gasteiger partial charge < -0.3 is 14.2 Å².